The topological polar surface area (TPSA) is 55.6 Å². The minimum atomic E-state index is -0.433. The van der Waals surface area contributed by atoms with Crippen LogP contribution in [0.1, 0.15) is 15.9 Å². The molecule has 5 heteroatoms. The van der Waals surface area contributed by atoms with E-state index >= 15 is 0 Å². The highest BCUT2D eigenvalue weighted by Gasteiger charge is 2.15. The first kappa shape index (κ1) is 15.2. The Morgan fingerprint density at radius 1 is 1.53 bits per heavy atom. The number of carbonyl (C=O) groups is 1. The summed E-state index contributed by atoms with van der Waals surface area (Å²) in [6, 6.07) is 3.91. The van der Waals surface area contributed by atoms with Crippen molar-refractivity contribution in [1.82, 2.24) is 4.90 Å². The second kappa shape index (κ2) is 7.52. The van der Waals surface area contributed by atoms with Crippen LogP contribution in [0.2, 0.25) is 0 Å². The molecule has 0 radical (unpaired) electrons. The summed E-state index contributed by atoms with van der Waals surface area (Å²) in [6.07, 6.45) is 0. The zero-order chi connectivity index (χ0) is 14.3. The summed E-state index contributed by atoms with van der Waals surface area (Å²) in [5.74, 6) is 4.68. The fourth-order valence-electron chi connectivity index (χ4n) is 1.49. The van der Waals surface area contributed by atoms with Crippen LogP contribution in [0.5, 0.6) is 0 Å². The van der Waals surface area contributed by atoms with E-state index in [4.69, 9.17) is 10.5 Å². The van der Waals surface area contributed by atoms with Crippen LogP contribution in [0.25, 0.3) is 0 Å². The first-order valence-electron chi connectivity index (χ1n) is 5.83. The molecule has 0 aliphatic carbocycles. The van der Waals surface area contributed by atoms with Gasteiger partial charge in [-0.1, -0.05) is 11.8 Å². The highest BCUT2D eigenvalue weighted by Crippen LogP contribution is 2.12. The lowest BCUT2D eigenvalue weighted by atomic mass is 10.1. The van der Waals surface area contributed by atoms with Gasteiger partial charge in [0.2, 0.25) is 0 Å². The molecule has 2 N–H and O–H groups in total. The predicted molar refractivity (Wildman–Crippen MR) is 71.2 cm³/mol. The van der Waals surface area contributed by atoms with Crippen LogP contribution in [-0.4, -0.2) is 44.7 Å². The quantitative estimate of drug-likeness (QED) is 0.820. The Labute approximate surface area is 112 Å². The Kier molecular flexibility index (Phi) is 6.00. The van der Waals surface area contributed by atoms with E-state index in [1.54, 1.807) is 14.2 Å². The van der Waals surface area contributed by atoms with Crippen molar-refractivity contribution in [3.63, 3.8) is 0 Å². The number of rotatable bonds is 4. The molecule has 0 fully saturated rings. The summed E-state index contributed by atoms with van der Waals surface area (Å²) in [6.45, 7) is 1.05. The van der Waals surface area contributed by atoms with Crippen molar-refractivity contribution < 1.29 is 13.9 Å². The summed E-state index contributed by atoms with van der Waals surface area (Å²) in [7, 11) is 3.22. The van der Waals surface area contributed by atoms with Crippen molar-refractivity contribution in [3.8, 4) is 11.8 Å². The second-order valence-electron chi connectivity index (χ2n) is 3.92. The number of ether oxygens (including phenoxy) is 1. The summed E-state index contributed by atoms with van der Waals surface area (Å²) in [5, 5.41) is 0. The smallest absolute Gasteiger partial charge is 0.254 e. The standard InChI is InChI=1S/C14H17FN2O2/c1-17(8-9-19-2)14(18)13-6-5-12(15)10-11(13)4-3-7-16/h5-6,10H,7-9,16H2,1-2H3. The molecule has 0 aliphatic rings. The van der Waals surface area contributed by atoms with Crippen LogP contribution in [0.3, 0.4) is 0 Å². The maximum absolute atomic E-state index is 13.2. The molecule has 0 saturated heterocycles. The Morgan fingerprint density at radius 2 is 2.26 bits per heavy atom. The highest BCUT2D eigenvalue weighted by atomic mass is 19.1. The number of benzene rings is 1. The lowest BCUT2D eigenvalue weighted by molar-refractivity contribution is 0.0744. The number of hydrogen-bond donors (Lipinski definition) is 1. The molecule has 0 heterocycles. The first-order valence-corrected chi connectivity index (χ1v) is 5.83. The van der Waals surface area contributed by atoms with Crippen molar-refractivity contribution in [2.75, 3.05) is 33.9 Å². The normalized spacial score (nSPS) is 9.68. The van der Waals surface area contributed by atoms with E-state index in [-0.39, 0.29) is 12.5 Å². The van der Waals surface area contributed by atoms with Gasteiger partial charge in [-0.3, -0.25) is 4.79 Å². The van der Waals surface area contributed by atoms with Gasteiger partial charge in [-0.25, -0.2) is 4.39 Å². The van der Waals surface area contributed by atoms with Gasteiger partial charge >= 0.3 is 0 Å². The molecule has 102 valence electrons. The van der Waals surface area contributed by atoms with Crippen molar-refractivity contribution in [2.45, 2.75) is 0 Å². The van der Waals surface area contributed by atoms with Crippen LogP contribution in [0.15, 0.2) is 18.2 Å². The maximum atomic E-state index is 13.2. The van der Waals surface area contributed by atoms with Gasteiger partial charge in [-0.05, 0) is 18.2 Å². The predicted octanol–water partition coefficient (Wildman–Crippen LogP) is 0.854. The monoisotopic (exact) mass is 264 g/mol. The van der Waals surface area contributed by atoms with Gasteiger partial charge in [0.1, 0.15) is 5.82 Å². The SMILES string of the molecule is COCCN(C)C(=O)c1ccc(F)cc1C#CCN. The number of nitrogens with two attached hydrogens (primary N) is 1. The largest absolute Gasteiger partial charge is 0.383 e. The minimum absolute atomic E-state index is 0.156. The van der Waals surface area contributed by atoms with Gasteiger partial charge < -0.3 is 15.4 Å². The Hall–Kier alpha value is -1.90. The fraction of sp³-hybridized carbons (Fsp3) is 0.357. The number of amides is 1. The molecule has 0 atom stereocenters. The molecule has 4 nitrogen and oxygen atoms in total. The molecule has 0 aliphatic heterocycles. The van der Waals surface area contributed by atoms with E-state index in [1.165, 1.54) is 23.1 Å². The van der Waals surface area contributed by atoms with Crippen LogP contribution < -0.4 is 5.73 Å². The number of halogens is 1. The number of methoxy groups -OCH3 is 1. The van der Waals surface area contributed by atoms with E-state index in [2.05, 4.69) is 11.8 Å². The lowest BCUT2D eigenvalue weighted by Gasteiger charge is -2.17. The van der Waals surface area contributed by atoms with Crippen molar-refractivity contribution in [3.05, 3.63) is 35.1 Å². The zero-order valence-electron chi connectivity index (χ0n) is 11.1. The maximum Gasteiger partial charge on any atom is 0.254 e. The van der Waals surface area contributed by atoms with Gasteiger partial charge in [0.15, 0.2) is 0 Å². The van der Waals surface area contributed by atoms with Crippen LogP contribution in [-0.2, 0) is 4.74 Å². The summed E-state index contributed by atoms with van der Waals surface area (Å²) in [4.78, 5) is 13.7. The molecule has 0 saturated carbocycles. The molecule has 19 heavy (non-hydrogen) atoms. The van der Waals surface area contributed by atoms with Crippen LogP contribution in [0.4, 0.5) is 4.39 Å². The Bertz CT molecular complexity index is 506. The van der Waals surface area contributed by atoms with Gasteiger partial charge in [0.25, 0.3) is 5.91 Å². The molecule has 0 spiro atoms. The Morgan fingerprint density at radius 3 is 2.89 bits per heavy atom. The molecular weight excluding hydrogens is 247 g/mol. The van der Waals surface area contributed by atoms with Crippen LogP contribution in [0, 0.1) is 17.7 Å². The van der Waals surface area contributed by atoms with Gasteiger partial charge in [-0.15, -0.1) is 0 Å². The average Bonchev–Trinajstić information content (AvgIpc) is 2.41. The third-order valence-electron chi connectivity index (χ3n) is 2.51. The third kappa shape index (κ3) is 4.36. The van der Waals surface area contributed by atoms with Crippen molar-refractivity contribution in [2.24, 2.45) is 5.73 Å². The highest BCUT2D eigenvalue weighted by molar-refractivity contribution is 5.96. The fourth-order valence-corrected chi connectivity index (χ4v) is 1.49. The number of nitrogens with zero attached hydrogens (tertiary/aromatic N) is 1. The van der Waals surface area contributed by atoms with Crippen LogP contribution >= 0.6 is 0 Å². The summed E-state index contributed by atoms with van der Waals surface area (Å²) in [5.41, 5.74) is 6.00. The third-order valence-corrected chi connectivity index (χ3v) is 2.51. The molecule has 1 amide bonds. The molecule has 1 aromatic carbocycles. The number of likely N-dealkylation sites (N-methyl/N-ethyl adjacent to an activating group) is 1. The first-order chi connectivity index (χ1) is 9.10. The van der Waals surface area contributed by atoms with E-state index in [0.29, 0.717) is 24.3 Å². The summed E-state index contributed by atoms with van der Waals surface area (Å²) >= 11 is 0. The summed E-state index contributed by atoms with van der Waals surface area (Å²) < 4.78 is 18.1. The minimum Gasteiger partial charge on any atom is -0.383 e. The average molecular weight is 264 g/mol. The van der Waals surface area contributed by atoms with Gasteiger partial charge in [0, 0.05) is 26.3 Å². The molecular formula is C14H17FN2O2. The van der Waals surface area contributed by atoms with Gasteiger partial charge in [-0.2, -0.15) is 0 Å². The Balaban J connectivity index is 3.01. The van der Waals surface area contributed by atoms with E-state index in [0.717, 1.165) is 0 Å². The molecule has 1 aromatic rings. The second-order valence-corrected chi connectivity index (χ2v) is 3.92. The molecule has 0 bridgehead atoms. The number of carbonyl (C=O) groups excluding carboxylic acids is 1. The van der Waals surface area contributed by atoms with E-state index in [1.807, 2.05) is 0 Å². The molecule has 0 unspecified atom stereocenters. The zero-order valence-corrected chi connectivity index (χ0v) is 11.1. The molecule has 1 rings (SSSR count). The lowest BCUT2D eigenvalue weighted by Crippen LogP contribution is -2.30. The van der Waals surface area contributed by atoms with E-state index in [9.17, 15) is 9.18 Å². The molecule has 0 aromatic heterocycles. The van der Waals surface area contributed by atoms with Crippen molar-refractivity contribution in [1.29, 1.82) is 0 Å². The number of hydrogen-bond acceptors (Lipinski definition) is 3. The van der Waals surface area contributed by atoms with Crippen molar-refractivity contribution >= 4 is 5.91 Å². The van der Waals surface area contributed by atoms with E-state index < -0.39 is 5.82 Å². The van der Waals surface area contributed by atoms with Gasteiger partial charge in [0.05, 0.1) is 18.7 Å².